The van der Waals surface area contributed by atoms with Gasteiger partial charge in [-0.05, 0) is 30.7 Å². The average molecular weight is 467 g/mol. The number of rotatable bonds is 9. The largest absolute Gasteiger partial charge is 0.357 e. The molecule has 0 aliphatic carbocycles. The van der Waals surface area contributed by atoms with Crippen LogP contribution < -0.4 is 9.62 Å². The second-order valence-electron chi connectivity index (χ2n) is 7.04. The van der Waals surface area contributed by atoms with Gasteiger partial charge in [-0.15, -0.1) is 0 Å². The van der Waals surface area contributed by atoms with Crippen molar-refractivity contribution in [3.63, 3.8) is 0 Å². The van der Waals surface area contributed by atoms with Gasteiger partial charge >= 0.3 is 10.2 Å². The summed E-state index contributed by atoms with van der Waals surface area (Å²) in [6, 6.07) is 14.5. The molecular formula is C21H27ClN4O4S. The van der Waals surface area contributed by atoms with Crippen molar-refractivity contribution in [2.24, 2.45) is 0 Å². The van der Waals surface area contributed by atoms with E-state index in [4.69, 9.17) is 11.6 Å². The average Bonchev–Trinajstić information content (AvgIpc) is 2.76. The molecule has 2 aromatic carbocycles. The molecule has 2 aromatic rings. The van der Waals surface area contributed by atoms with Gasteiger partial charge in [0.1, 0.15) is 12.6 Å². The Balaban J connectivity index is 2.43. The van der Waals surface area contributed by atoms with Gasteiger partial charge in [0, 0.05) is 32.7 Å². The lowest BCUT2D eigenvalue weighted by Gasteiger charge is -2.32. The molecule has 2 rings (SSSR count). The fraction of sp³-hybridized carbons (Fsp3) is 0.333. The molecule has 8 nitrogen and oxygen atoms in total. The molecule has 168 valence electrons. The summed E-state index contributed by atoms with van der Waals surface area (Å²) in [5.41, 5.74) is 0.991. The highest BCUT2D eigenvalue weighted by Crippen LogP contribution is 2.22. The lowest BCUT2D eigenvalue weighted by molar-refractivity contribution is -0.139. The Morgan fingerprint density at radius 3 is 2.16 bits per heavy atom. The number of hydrogen-bond acceptors (Lipinski definition) is 4. The number of likely N-dealkylation sites (N-methyl/N-ethyl adjacent to an activating group) is 1. The number of amides is 2. The molecule has 0 aromatic heterocycles. The number of nitrogens with one attached hydrogen (secondary N) is 1. The van der Waals surface area contributed by atoms with E-state index in [0.29, 0.717) is 16.3 Å². The van der Waals surface area contributed by atoms with E-state index in [1.807, 2.05) is 0 Å². The van der Waals surface area contributed by atoms with Crippen LogP contribution >= 0.6 is 11.6 Å². The predicted octanol–water partition coefficient (Wildman–Crippen LogP) is 2.12. The summed E-state index contributed by atoms with van der Waals surface area (Å²) in [7, 11) is 0.302. The molecule has 2 amide bonds. The normalized spacial score (nSPS) is 12.3. The number of benzene rings is 2. The highest BCUT2D eigenvalue weighted by Gasteiger charge is 2.32. The van der Waals surface area contributed by atoms with Crippen LogP contribution in [-0.2, 0) is 26.3 Å². The Morgan fingerprint density at radius 1 is 1.03 bits per heavy atom. The second kappa shape index (κ2) is 10.6. The number of anilines is 1. The van der Waals surface area contributed by atoms with Crippen LogP contribution in [0.4, 0.5) is 5.69 Å². The van der Waals surface area contributed by atoms with E-state index in [1.165, 1.54) is 26.0 Å². The number of carbonyl (C=O) groups excluding carboxylic acids is 2. The summed E-state index contributed by atoms with van der Waals surface area (Å²) in [5.74, 6) is -0.910. The lowest BCUT2D eigenvalue weighted by atomic mass is 10.1. The highest BCUT2D eigenvalue weighted by atomic mass is 35.5. The van der Waals surface area contributed by atoms with Crippen molar-refractivity contribution in [3.05, 3.63) is 65.2 Å². The number of para-hydroxylation sites is 1. The summed E-state index contributed by atoms with van der Waals surface area (Å²) < 4.78 is 27.9. The van der Waals surface area contributed by atoms with Gasteiger partial charge in [0.2, 0.25) is 11.8 Å². The fourth-order valence-corrected chi connectivity index (χ4v) is 4.16. The van der Waals surface area contributed by atoms with Crippen molar-refractivity contribution in [1.82, 2.24) is 14.5 Å². The van der Waals surface area contributed by atoms with Gasteiger partial charge in [-0.3, -0.25) is 9.59 Å². The van der Waals surface area contributed by atoms with E-state index in [-0.39, 0.29) is 12.5 Å². The smallest absolute Gasteiger partial charge is 0.304 e. The molecule has 10 heteroatoms. The predicted molar refractivity (Wildman–Crippen MR) is 122 cm³/mol. The Labute approximate surface area is 188 Å². The van der Waals surface area contributed by atoms with E-state index in [9.17, 15) is 18.0 Å². The van der Waals surface area contributed by atoms with Gasteiger partial charge < -0.3 is 10.2 Å². The number of carbonyl (C=O) groups is 2. The summed E-state index contributed by atoms with van der Waals surface area (Å²) in [6.07, 6.45) is 0. The minimum atomic E-state index is -3.96. The number of halogens is 1. The molecule has 0 spiro atoms. The SMILES string of the molecule is CNC(=O)[C@@H](C)N(Cc1ccccc1Cl)C(=O)CN(c1ccccc1)S(=O)(=O)N(C)C. The Bertz CT molecular complexity index is 1020. The molecule has 0 fully saturated rings. The van der Waals surface area contributed by atoms with Crippen LogP contribution in [0.25, 0.3) is 0 Å². The van der Waals surface area contributed by atoms with Crippen LogP contribution in [0.2, 0.25) is 5.02 Å². The quantitative estimate of drug-likeness (QED) is 0.613. The Hall–Kier alpha value is -2.62. The maximum absolute atomic E-state index is 13.4. The third kappa shape index (κ3) is 5.96. The van der Waals surface area contributed by atoms with E-state index in [1.54, 1.807) is 61.5 Å². The van der Waals surface area contributed by atoms with Crippen LogP contribution in [0, 0.1) is 0 Å². The van der Waals surface area contributed by atoms with E-state index < -0.39 is 28.7 Å². The van der Waals surface area contributed by atoms with Crippen molar-refractivity contribution in [3.8, 4) is 0 Å². The van der Waals surface area contributed by atoms with Crippen LogP contribution in [0.15, 0.2) is 54.6 Å². The van der Waals surface area contributed by atoms with Gasteiger partial charge in [0.25, 0.3) is 0 Å². The molecule has 31 heavy (non-hydrogen) atoms. The van der Waals surface area contributed by atoms with Gasteiger partial charge in [-0.1, -0.05) is 48.0 Å². The van der Waals surface area contributed by atoms with Gasteiger partial charge in [-0.25, -0.2) is 4.31 Å². The Kier molecular flexibility index (Phi) is 8.43. The molecule has 0 aliphatic rings. The van der Waals surface area contributed by atoms with Crippen molar-refractivity contribution in [2.75, 3.05) is 32.0 Å². The highest BCUT2D eigenvalue weighted by molar-refractivity contribution is 7.90. The first kappa shape index (κ1) is 24.6. The topological polar surface area (TPSA) is 90.0 Å². The van der Waals surface area contributed by atoms with E-state index >= 15 is 0 Å². The maximum Gasteiger partial charge on any atom is 0.304 e. The molecule has 0 bridgehead atoms. The van der Waals surface area contributed by atoms with Gasteiger partial charge in [0.15, 0.2) is 0 Å². The second-order valence-corrected chi connectivity index (χ2v) is 9.51. The minimum Gasteiger partial charge on any atom is -0.357 e. The summed E-state index contributed by atoms with van der Waals surface area (Å²) in [5, 5.41) is 2.98. The van der Waals surface area contributed by atoms with E-state index in [0.717, 1.165) is 8.61 Å². The van der Waals surface area contributed by atoms with Gasteiger partial charge in [-0.2, -0.15) is 12.7 Å². The number of hydrogen-bond donors (Lipinski definition) is 1. The van der Waals surface area contributed by atoms with Gasteiger partial charge in [0.05, 0.1) is 5.69 Å². The molecule has 0 saturated heterocycles. The van der Waals surface area contributed by atoms with Crippen LogP contribution in [0.1, 0.15) is 12.5 Å². The fourth-order valence-electron chi connectivity index (χ4n) is 2.91. The molecule has 0 heterocycles. The zero-order chi connectivity index (χ0) is 23.2. The third-order valence-corrected chi connectivity index (χ3v) is 6.96. The van der Waals surface area contributed by atoms with Crippen molar-refractivity contribution >= 4 is 39.3 Å². The van der Waals surface area contributed by atoms with E-state index in [2.05, 4.69) is 5.32 Å². The van der Waals surface area contributed by atoms with Crippen LogP contribution in [0.3, 0.4) is 0 Å². The molecule has 1 N–H and O–H groups in total. The molecule has 0 aliphatic heterocycles. The summed E-state index contributed by atoms with van der Waals surface area (Å²) >= 11 is 6.26. The molecular weight excluding hydrogens is 440 g/mol. The first-order valence-corrected chi connectivity index (χ1v) is 11.4. The molecule has 0 radical (unpaired) electrons. The van der Waals surface area contributed by atoms with Crippen LogP contribution in [-0.4, -0.2) is 63.2 Å². The van der Waals surface area contributed by atoms with Crippen molar-refractivity contribution in [1.29, 1.82) is 0 Å². The summed E-state index contributed by atoms with van der Waals surface area (Å²) in [4.78, 5) is 27.0. The third-order valence-electron chi connectivity index (χ3n) is 4.78. The molecule has 0 saturated carbocycles. The monoisotopic (exact) mass is 466 g/mol. The summed E-state index contributed by atoms with van der Waals surface area (Å²) in [6.45, 7) is 1.16. The zero-order valence-electron chi connectivity index (χ0n) is 17.9. The molecule has 1 atom stereocenters. The molecule has 0 unspecified atom stereocenters. The lowest BCUT2D eigenvalue weighted by Crippen LogP contribution is -2.52. The first-order valence-electron chi connectivity index (χ1n) is 9.59. The first-order chi connectivity index (χ1) is 14.6. The standard InChI is InChI=1S/C21H27ClN4O4S/c1-16(21(28)23-2)25(14-17-10-8-9-13-19(17)22)20(27)15-26(31(29,30)24(3)4)18-11-6-5-7-12-18/h5-13,16H,14-15H2,1-4H3,(H,23,28)/t16-/m1/s1. The van der Waals surface area contributed by atoms with Crippen molar-refractivity contribution < 1.29 is 18.0 Å². The number of nitrogens with zero attached hydrogens (tertiary/aromatic N) is 3. The zero-order valence-corrected chi connectivity index (χ0v) is 19.5. The maximum atomic E-state index is 13.4. The Morgan fingerprint density at radius 2 is 1.61 bits per heavy atom. The minimum absolute atomic E-state index is 0.0533. The van der Waals surface area contributed by atoms with Crippen LogP contribution in [0.5, 0.6) is 0 Å². The van der Waals surface area contributed by atoms with Crippen molar-refractivity contribution in [2.45, 2.75) is 19.5 Å².